The number of nitrogens with zero attached hydrogens (tertiary/aromatic N) is 4. The second-order valence-corrected chi connectivity index (χ2v) is 10.3. The van der Waals surface area contributed by atoms with Crippen molar-refractivity contribution in [3.05, 3.63) is 17.3 Å². The fourth-order valence-corrected chi connectivity index (χ4v) is 6.53. The van der Waals surface area contributed by atoms with Crippen LogP contribution >= 0.6 is 11.3 Å². The fourth-order valence-electron chi connectivity index (χ4n) is 3.75. The fraction of sp³-hybridized carbons (Fsp3) is 0.611. The first-order valence-corrected chi connectivity index (χ1v) is 12.0. The van der Waals surface area contributed by atoms with Crippen LogP contribution in [0, 0.1) is 5.92 Å². The Bertz CT molecular complexity index is 938. The maximum Gasteiger partial charge on any atom is 0.252 e. The van der Waals surface area contributed by atoms with Crippen molar-refractivity contribution in [1.29, 1.82) is 0 Å². The molecule has 0 unspecified atom stereocenters. The summed E-state index contributed by atoms with van der Waals surface area (Å²) in [5, 5.41) is 5.64. The van der Waals surface area contributed by atoms with Crippen molar-refractivity contribution in [2.75, 3.05) is 26.2 Å². The van der Waals surface area contributed by atoms with Gasteiger partial charge in [0, 0.05) is 49.5 Å². The van der Waals surface area contributed by atoms with Gasteiger partial charge in [0.15, 0.2) is 0 Å². The molecule has 0 bridgehead atoms. The largest absolute Gasteiger partial charge is 0.342 e. The molecule has 2 fully saturated rings. The lowest BCUT2D eigenvalue weighted by Gasteiger charge is -2.32. The molecule has 10 heteroatoms. The van der Waals surface area contributed by atoms with Gasteiger partial charge in [-0.2, -0.15) is 9.29 Å². The average molecular weight is 425 g/mol. The quantitative estimate of drug-likeness (QED) is 0.731. The topological polar surface area (TPSA) is 96.6 Å². The summed E-state index contributed by atoms with van der Waals surface area (Å²) < 4.78 is 32.9. The molecule has 2 aliphatic heterocycles. The van der Waals surface area contributed by atoms with E-state index in [1.807, 2.05) is 11.8 Å². The van der Waals surface area contributed by atoms with Crippen LogP contribution in [0.3, 0.4) is 0 Å². The Kier molecular flexibility index (Phi) is 5.52. The number of thiophene rings is 1. The Morgan fingerprint density at radius 2 is 1.96 bits per heavy atom. The molecule has 2 aliphatic rings. The first-order valence-electron chi connectivity index (χ1n) is 9.69. The minimum atomic E-state index is -3.58. The van der Waals surface area contributed by atoms with E-state index >= 15 is 0 Å². The first-order chi connectivity index (χ1) is 13.5. The minimum absolute atomic E-state index is 0.0600. The van der Waals surface area contributed by atoms with Gasteiger partial charge >= 0.3 is 0 Å². The Hall–Kier alpha value is -1.78. The van der Waals surface area contributed by atoms with Crippen LogP contribution in [0.2, 0.25) is 0 Å². The number of rotatable bonds is 5. The van der Waals surface area contributed by atoms with Crippen LogP contribution in [0.5, 0.6) is 0 Å². The monoisotopic (exact) mass is 424 g/mol. The second kappa shape index (κ2) is 7.92. The maximum absolute atomic E-state index is 13.0. The van der Waals surface area contributed by atoms with Crippen LogP contribution in [0.15, 0.2) is 20.2 Å². The molecule has 2 aromatic heterocycles. The molecule has 1 amide bonds. The summed E-state index contributed by atoms with van der Waals surface area (Å²) in [6.45, 7) is 4.35. The van der Waals surface area contributed by atoms with Crippen molar-refractivity contribution in [2.24, 2.45) is 5.92 Å². The zero-order valence-corrected chi connectivity index (χ0v) is 17.5. The Morgan fingerprint density at radius 3 is 2.61 bits per heavy atom. The molecule has 0 saturated carbocycles. The molecule has 0 aliphatic carbocycles. The number of aromatic nitrogens is 2. The zero-order valence-electron chi connectivity index (χ0n) is 15.8. The van der Waals surface area contributed by atoms with Crippen molar-refractivity contribution >= 4 is 27.3 Å². The van der Waals surface area contributed by atoms with Crippen LogP contribution < -0.4 is 0 Å². The number of carbonyl (C=O) groups is 1. The summed E-state index contributed by atoms with van der Waals surface area (Å²) in [7, 11) is -3.58. The van der Waals surface area contributed by atoms with Gasteiger partial charge in [-0.05, 0) is 31.7 Å². The molecule has 0 atom stereocenters. The third-order valence-electron chi connectivity index (χ3n) is 5.42. The third-order valence-corrected chi connectivity index (χ3v) is 8.73. The van der Waals surface area contributed by atoms with E-state index in [0.29, 0.717) is 49.6 Å². The number of amides is 1. The zero-order chi connectivity index (χ0) is 19.7. The Labute approximate surface area is 168 Å². The molecule has 4 rings (SSSR count). The van der Waals surface area contributed by atoms with Gasteiger partial charge < -0.3 is 9.42 Å². The molecule has 4 heterocycles. The molecule has 0 radical (unpaired) electrons. The van der Waals surface area contributed by atoms with Crippen LogP contribution in [0.1, 0.15) is 38.5 Å². The smallest absolute Gasteiger partial charge is 0.252 e. The molecule has 8 nitrogen and oxygen atoms in total. The number of carbonyl (C=O) groups excluding carboxylic acids is 1. The summed E-state index contributed by atoms with van der Waals surface area (Å²) in [4.78, 5) is 18.7. The number of hydrogen-bond acceptors (Lipinski definition) is 7. The highest BCUT2D eigenvalue weighted by atomic mass is 32.2. The van der Waals surface area contributed by atoms with Crippen molar-refractivity contribution in [3.63, 3.8) is 0 Å². The van der Waals surface area contributed by atoms with E-state index in [2.05, 4.69) is 10.1 Å². The number of hydrogen-bond donors (Lipinski definition) is 0. The van der Waals surface area contributed by atoms with Gasteiger partial charge in [0.25, 0.3) is 10.0 Å². The molecule has 0 N–H and O–H groups in total. The predicted octanol–water partition coefficient (Wildman–Crippen LogP) is 2.38. The lowest BCUT2D eigenvalue weighted by atomic mass is 9.97. The van der Waals surface area contributed by atoms with Crippen LogP contribution in [0.25, 0.3) is 11.4 Å². The number of aryl methyl sites for hydroxylation is 1. The lowest BCUT2D eigenvalue weighted by Crippen LogP contribution is -2.43. The summed E-state index contributed by atoms with van der Waals surface area (Å²) in [5.41, 5.74) is 0.645. The van der Waals surface area contributed by atoms with Crippen LogP contribution in [-0.2, 0) is 21.2 Å². The normalized spacial score (nSPS) is 19.4. The Balaban J connectivity index is 1.42. The average Bonchev–Trinajstić information content (AvgIpc) is 3.48. The predicted molar refractivity (Wildman–Crippen MR) is 104 cm³/mol. The summed E-state index contributed by atoms with van der Waals surface area (Å²) in [6.07, 6.45) is 3.93. The third kappa shape index (κ3) is 3.72. The molecule has 28 heavy (non-hydrogen) atoms. The van der Waals surface area contributed by atoms with Gasteiger partial charge in [0.05, 0.1) is 0 Å². The highest BCUT2D eigenvalue weighted by molar-refractivity contribution is 7.91. The highest BCUT2D eigenvalue weighted by Crippen LogP contribution is 2.31. The summed E-state index contributed by atoms with van der Waals surface area (Å²) in [5.74, 6) is 1.06. The van der Waals surface area contributed by atoms with E-state index in [1.54, 1.807) is 11.4 Å². The van der Waals surface area contributed by atoms with E-state index in [-0.39, 0.29) is 16.0 Å². The summed E-state index contributed by atoms with van der Waals surface area (Å²) >= 11 is 1.16. The molecule has 2 saturated heterocycles. The molecular formula is C18H24N4O4S2. The molecule has 0 aromatic carbocycles. The Morgan fingerprint density at radius 1 is 1.25 bits per heavy atom. The number of piperidine rings is 1. The number of sulfonamides is 1. The van der Waals surface area contributed by atoms with Gasteiger partial charge in [-0.25, -0.2) is 8.42 Å². The molecule has 2 aromatic rings. The van der Waals surface area contributed by atoms with Gasteiger partial charge in [0.1, 0.15) is 4.21 Å². The second-order valence-electron chi connectivity index (χ2n) is 7.23. The SMILES string of the molecule is CCc1nc(-c2csc(S(=O)(=O)N3CCC(C(=O)N4CCCC4)CC3)c2)no1. The lowest BCUT2D eigenvalue weighted by molar-refractivity contribution is -0.135. The summed E-state index contributed by atoms with van der Waals surface area (Å²) in [6, 6.07) is 1.60. The number of likely N-dealkylation sites (tertiary alicyclic amines) is 1. The van der Waals surface area contributed by atoms with Gasteiger partial charge in [-0.1, -0.05) is 12.1 Å². The van der Waals surface area contributed by atoms with Gasteiger partial charge in [0.2, 0.25) is 17.6 Å². The molecule has 152 valence electrons. The van der Waals surface area contributed by atoms with Crippen molar-refractivity contribution < 1.29 is 17.7 Å². The van der Waals surface area contributed by atoms with Crippen molar-refractivity contribution in [2.45, 2.75) is 43.2 Å². The highest BCUT2D eigenvalue weighted by Gasteiger charge is 2.35. The first kappa shape index (κ1) is 19.5. The van der Waals surface area contributed by atoms with E-state index < -0.39 is 10.0 Å². The van der Waals surface area contributed by atoms with Gasteiger partial charge in [-0.15, -0.1) is 11.3 Å². The van der Waals surface area contributed by atoms with Crippen molar-refractivity contribution in [3.8, 4) is 11.4 Å². The van der Waals surface area contributed by atoms with E-state index in [1.165, 1.54) is 4.31 Å². The van der Waals surface area contributed by atoms with Gasteiger partial charge in [-0.3, -0.25) is 4.79 Å². The van der Waals surface area contributed by atoms with Crippen LogP contribution in [-0.4, -0.2) is 59.8 Å². The maximum atomic E-state index is 13.0. The van der Waals surface area contributed by atoms with Crippen LogP contribution in [0.4, 0.5) is 0 Å². The standard InChI is InChI=1S/C18H24N4O4S2/c1-2-15-19-17(20-26-15)14-11-16(27-12-14)28(24,25)22-9-5-13(6-10-22)18(23)21-7-3-4-8-21/h11-13H,2-10H2,1H3. The minimum Gasteiger partial charge on any atom is -0.342 e. The van der Waals surface area contributed by atoms with E-state index in [4.69, 9.17) is 4.52 Å². The molecule has 0 spiro atoms. The van der Waals surface area contributed by atoms with E-state index in [9.17, 15) is 13.2 Å². The van der Waals surface area contributed by atoms with E-state index in [0.717, 1.165) is 37.3 Å². The molecular weight excluding hydrogens is 400 g/mol. The van der Waals surface area contributed by atoms with Crippen molar-refractivity contribution in [1.82, 2.24) is 19.3 Å².